The maximum atomic E-state index is 12.8. The van der Waals surface area contributed by atoms with Gasteiger partial charge >= 0.3 is 17.9 Å². The van der Waals surface area contributed by atoms with Gasteiger partial charge in [-0.1, -0.05) is 285 Å². The van der Waals surface area contributed by atoms with Gasteiger partial charge in [-0.05, 0) is 25.2 Å². The Balaban J connectivity index is 4.26. The van der Waals surface area contributed by atoms with Crippen molar-refractivity contribution in [3.63, 3.8) is 0 Å². The highest BCUT2D eigenvalue weighted by atomic mass is 16.6. The van der Waals surface area contributed by atoms with Crippen molar-refractivity contribution in [2.45, 2.75) is 329 Å². The summed E-state index contributed by atoms with van der Waals surface area (Å²) in [4.78, 5) is 38.1. The third kappa shape index (κ3) is 51.3. The molecular formula is C57H110O6. The molecule has 0 aliphatic heterocycles. The minimum Gasteiger partial charge on any atom is -0.462 e. The quantitative estimate of drug-likeness (QED) is 0.0344. The Bertz CT molecular complexity index is 949. The molecule has 1 atom stereocenters. The topological polar surface area (TPSA) is 78.9 Å². The molecule has 0 amide bonds. The molecule has 0 aromatic rings. The average molecular weight is 892 g/mol. The lowest BCUT2D eigenvalue weighted by Gasteiger charge is -2.18. The Morgan fingerprint density at radius 1 is 0.302 bits per heavy atom. The standard InChI is InChI=1S/C57H110O6/c1-5-7-9-11-13-15-17-19-20-21-22-23-24-29-32-36-40-44-48-55(58)61-51-54(63-57(60)50-46-42-38-34-28-18-16-14-12-10-8-6-2)52-62-56(59)49-45-41-37-33-30-26-25-27-31-35-39-43-47-53(3)4/h53-54H,5-52H2,1-4H3/t54-/m1/s1. The predicted octanol–water partition coefficient (Wildman–Crippen LogP) is 18.6. The molecule has 374 valence electrons. The molecule has 0 unspecified atom stereocenters. The second-order valence-electron chi connectivity index (χ2n) is 20.1. The summed E-state index contributed by atoms with van der Waals surface area (Å²) in [6.07, 6.45) is 55.2. The molecule has 0 rings (SSSR count). The highest BCUT2D eigenvalue weighted by Crippen LogP contribution is 2.18. The van der Waals surface area contributed by atoms with Crippen molar-refractivity contribution in [2.75, 3.05) is 13.2 Å². The van der Waals surface area contributed by atoms with Crippen molar-refractivity contribution in [3.8, 4) is 0 Å². The molecule has 0 aromatic carbocycles. The maximum Gasteiger partial charge on any atom is 0.306 e. The van der Waals surface area contributed by atoms with Crippen molar-refractivity contribution < 1.29 is 28.6 Å². The number of hydrogen-bond acceptors (Lipinski definition) is 6. The van der Waals surface area contributed by atoms with Gasteiger partial charge in [0.1, 0.15) is 13.2 Å². The maximum absolute atomic E-state index is 12.8. The SMILES string of the molecule is CCCCCCCCCCCCCCCCCCCCC(=O)OC[C@H](COC(=O)CCCCCCCCCCCCCCC(C)C)OC(=O)CCCCCCCCCCCCCC. The summed E-state index contributed by atoms with van der Waals surface area (Å²) in [5.41, 5.74) is 0. The summed E-state index contributed by atoms with van der Waals surface area (Å²) < 4.78 is 16.9. The van der Waals surface area contributed by atoms with E-state index in [4.69, 9.17) is 14.2 Å². The van der Waals surface area contributed by atoms with Crippen molar-refractivity contribution in [3.05, 3.63) is 0 Å². The molecule has 0 saturated heterocycles. The number of hydrogen-bond donors (Lipinski definition) is 0. The number of unbranched alkanes of at least 4 members (excludes halogenated alkanes) is 39. The zero-order chi connectivity index (χ0) is 45.9. The summed E-state index contributed by atoms with van der Waals surface area (Å²) in [5.74, 6) is -0.00383. The van der Waals surface area contributed by atoms with E-state index in [1.54, 1.807) is 0 Å². The van der Waals surface area contributed by atoms with Gasteiger partial charge in [-0.15, -0.1) is 0 Å². The Labute approximate surface area is 393 Å². The molecule has 0 saturated carbocycles. The van der Waals surface area contributed by atoms with E-state index in [9.17, 15) is 14.4 Å². The van der Waals surface area contributed by atoms with E-state index < -0.39 is 6.10 Å². The third-order valence-corrected chi connectivity index (χ3v) is 13.0. The fourth-order valence-corrected chi connectivity index (χ4v) is 8.75. The van der Waals surface area contributed by atoms with Crippen LogP contribution in [0.25, 0.3) is 0 Å². The van der Waals surface area contributed by atoms with Crippen LogP contribution in [0.1, 0.15) is 323 Å². The Hall–Kier alpha value is -1.59. The van der Waals surface area contributed by atoms with E-state index in [-0.39, 0.29) is 31.1 Å². The fourth-order valence-electron chi connectivity index (χ4n) is 8.75. The lowest BCUT2D eigenvalue weighted by molar-refractivity contribution is -0.167. The van der Waals surface area contributed by atoms with Crippen LogP contribution >= 0.6 is 0 Å². The van der Waals surface area contributed by atoms with E-state index >= 15 is 0 Å². The van der Waals surface area contributed by atoms with Crippen LogP contribution in [0, 0.1) is 5.92 Å². The molecule has 0 spiro atoms. The smallest absolute Gasteiger partial charge is 0.306 e. The van der Waals surface area contributed by atoms with Crippen LogP contribution in [-0.2, 0) is 28.6 Å². The zero-order valence-corrected chi connectivity index (χ0v) is 43.0. The van der Waals surface area contributed by atoms with Gasteiger partial charge in [0.2, 0.25) is 0 Å². The van der Waals surface area contributed by atoms with E-state index in [0.717, 1.165) is 63.7 Å². The van der Waals surface area contributed by atoms with E-state index in [2.05, 4.69) is 27.7 Å². The van der Waals surface area contributed by atoms with E-state index in [0.29, 0.717) is 19.3 Å². The monoisotopic (exact) mass is 891 g/mol. The molecule has 0 aromatic heterocycles. The largest absolute Gasteiger partial charge is 0.462 e. The first-order valence-corrected chi connectivity index (χ1v) is 28.4. The van der Waals surface area contributed by atoms with E-state index in [1.165, 1.54) is 218 Å². The minimum atomic E-state index is -0.761. The van der Waals surface area contributed by atoms with Crippen LogP contribution in [0.15, 0.2) is 0 Å². The third-order valence-electron chi connectivity index (χ3n) is 13.0. The van der Waals surface area contributed by atoms with Crippen LogP contribution in [0.3, 0.4) is 0 Å². The number of ether oxygens (including phenoxy) is 3. The molecule has 0 aliphatic carbocycles. The highest BCUT2D eigenvalue weighted by molar-refractivity contribution is 5.71. The summed E-state index contributed by atoms with van der Waals surface area (Å²) in [5, 5.41) is 0. The summed E-state index contributed by atoms with van der Waals surface area (Å²) >= 11 is 0. The van der Waals surface area contributed by atoms with Crippen LogP contribution < -0.4 is 0 Å². The summed E-state index contributed by atoms with van der Waals surface area (Å²) in [6, 6.07) is 0. The normalized spacial score (nSPS) is 12.0. The van der Waals surface area contributed by atoms with Crippen LogP contribution in [0.2, 0.25) is 0 Å². The second kappa shape index (κ2) is 51.4. The van der Waals surface area contributed by atoms with Crippen molar-refractivity contribution in [1.29, 1.82) is 0 Å². The molecule has 0 N–H and O–H groups in total. The first kappa shape index (κ1) is 61.4. The zero-order valence-electron chi connectivity index (χ0n) is 43.0. The van der Waals surface area contributed by atoms with Crippen LogP contribution in [0.5, 0.6) is 0 Å². The average Bonchev–Trinajstić information content (AvgIpc) is 3.27. The second-order valence-corrected chi connectivity index (χ2v) is 20.1. The summed E-state index contributed by atoms with van der Waals surface area (Å²) in [6.45, 7) is 9.05. The highest BCUT2D eigenvalue weighted by Gasteiger charge is 2.19. The van der Waals surface area contributed by atoms with Crippen LogP contribution in [-0.4, -0.2) is 37.2 Å². The molecule has 6 nitrogen and oxygen atoms in total. The molecule has 0 aliphatic rings. The molecule has 0 fully saturated rings. The minimum absolute atomic E-state index is 0.0620. The molecule has 0 radical (unpaired) electrons. The first-order chi connectivity index (χ1) is 30.9. The molecule has 6 heteroatoms. The number of carbonyl (C=O) groups excluding carboxylic acids is 3. The summed E-state index contributed by atoms with van der Waals surface area (Å²) in [7, 11) is 0. The number of esters is 3. The molecule has 63 heavy (non-hydrogen) atoms. The Kier molecular flexibility index (Phi) is 50.1. The van der Waals surface area contributed by atoms with Gasteiger partial charge in [0.25, 0.3) is 0 Å². The molecule has 0 bridgehead atoms. The first-order valence-electron chi connectivity index (χ1n) is 28.4. The fraction of sp³-hybridized carbons (Fsp3) is 0.947. The van der Waals surface area contributed by atoms with Gasteiger partial charge in [0.15, 0.2) is 6.10 Å². The Morgan fingerprint density at radius 3 is 0.778 bits per heavy atom. The van der Waals surface area contributed by atoms with Crippen molar-refractivity contribution in [1.82, 2.24) is 0 Å². The lowest BCUT2D eigenvalue weighted by Crippen LogP contribution is -2.30. The van der Waals surface area contributed by atoms with Gasteiger partial charge in [-0.25, -0.2) is 0 Å². The van der Waals surface area contributed by atoms with Gasteiger partial charge in [0.05, 0.1) is 0 Å². The van der Waals surface area contributed by atoms with E-state index in [1.807, 2.05) is 0 Å². The van der Waals surface area contributed by atoms with Gasteiger partial charge in [-0.2, -0.15) is 0 Å². The lowest BCUT2D eigenvalue weighted by atomic mass is 10.0. The van der Waals surface area contributed by atoms with Gasteiger partial charge in [-0.3, -0.25) is 14.4 Å². The number of carbonyl (C=O) groups is 3. The van der Waals surface area contributed by atoms with Crippen LogP contribution in [0.4, 0.5) is 0 Å². The number of rotatable bonds is 52. The molecular weight excluding hydrogens is 781 g/mol. The predicted molar refractivity (Wildman–Crippen MR) is 270 cm³/mol. The van der Waals surface area contributed by atoms with Crippen molar-refractivity contribution >= 4 is 17.9 Å². The van der Waals surface area contributed by atoms with Gasteiger partial charge < -0.3 is 14.2 Å². The van der Waals surface area contributed by atoms with Gasteiger partial charge in [0, 0.05) is 19.3 Å². The van der Waals surface area contributed by atoms with Crippen molar-refractivity contribution in [2.24, 2.45) is 5.92 Å². The molecule has 0 heterocycles. The Morgan fingerprint density at radius 2 is 0.524 bits per heavy atom.